The highest BCUT2D eigenvalue weighted by molar-refractivity contribution is 7.12. The second-order valence-electron chi connectivity index (χ2n) is 6.20. The summed E-state index contributed by atoms with van der Waals surface area (Å²) in [6, 6.07) is 2.66. The van der Waals surface area contributed by atoms with Crippen molar-refractivity contribution in [3.63, 3.8) is 0 Å². The number of fused-ring (bicyclic) bond motifs is 2. The SMILES string of the molecule is Cc1cc2c(s1)C1(CCN[C@H](C3=CN(C)NN3)C1)OCC2. The number of aryl methyl sites for hydroxylation is 1. The molecule has 1 saturated heterocycles. The summed E-state index contributed by atoms with van der Waals surface area (Å²) in [5.41, 5.74) is 8.95. The lowest BCUT2D eigenvalue weighted by molar-refractivity contribution is -0.0839. The highest BCUT2D eigenvalue weighted by Crippen LogP contribution is 2.45. The molecule has 3 N–H and O–H groups in total. The molecule has 21 heavy (non-hydrogen) atoms. The molecule has 0 saturated carbocycles. The van der Waals surface area contributed by atoms with Gasteiger partial charge in [-0.2, -0.15) is 0 Å². The molecule has 1 unspecified atom stereocenters. The van der Waals surface area contributed by atoms with E-state index in [9.17, 15) is 0 Å². The van der Waals surface area contributed by atoms with Crippen molar-refractivity contribution in [3.8, 4) is 0 Å². The number of hydrogen-bond donors (Lipinski definition) is 3. The Kier molecular flexibility index (Phi) is 3.22. The van der Waals surface area contributed by atoms with E-state index in [4.69, 9.17) is 4.74 Å². The molecular formula is C15H22N4OS. The first kappa shape index (κ1) is 13.6. The number of nitrogens with zero attached hydrogens (tertiary/aromatic N) is 1. The Morgan fingerprint density at radius 2 is 2.38 bits per heavy atom. The Labute approximate surface area is 129 Å². The number of piperidine rings is 1. The van der Waals surface area contributed by atoms with Gasteiger partial charge in [0.05, 0.1) is 18.3 Å². The van der Waals surface area contributed by atoms with Crippen molar-refractivity contribution < 1.29 is 4.74 Å². The summed E-state index contributed by atoms with van der Waals surface area (Å²) < 4.78 is 6.34. The summed E-state index contributed by atoms with van der Waals surface area (Å²) in [5.74, 6) is 0. The molecule has 4 heterocycles. The average molecular weight is 306 g/mol. The maximum atomic E-state index is 6.34. The molecule has 0 aromatic carbocycles. The maximum absolute atomic E-state index is 6.34. The van der Waals surface area contributed by atoms with Crippen molar-refractivity contribution in [3.05, 3.63) is 33.3 Å². The molecule has 6 heteroatoms. The van der Waals surface area contributed by atoms with Crippen LogP contribution in [0.4, 0.5) is 0 Å². The van der Waals surface area contributed by atoms with Crippen LogP contribution in [0.1, 0.15) is 28.2 Å². The lowest BCUT2D eigenvalue weighted by Gasteiger charge is -2.43. The number of ether oxygens (including phenoxy) is 1. The lowest BCUT2D eigenvalue weighted by atomic mass is 9.82. The van der Waals surface area contributed by atoms with Crippen LogP contribution in [0, 0.1) is 6.92 Å². The second-order valence-corrected chi connectivity index (χ2v) is 7.45. The fourth-order valence-electron chi connectivity index (χ4n) is 3.67. The van der Waals surface area contributed by atoms with E-state index in [0.29, 0.717) is 6.04 Å². The molecule has 2 atom stereocenters. The van der Waals surface area contributed by atoms with Crippen LogP contribution in [0.5, 0.6) is 0 Å². The van der Waals surface area contributed by atoms with Crippen LogP contribution < -0.4 is 16.3 Å². The quantitative estimate of drug-likeness (QED) is 0.732. The third-order valence-electron chi connectivity index (χ3n) is 4.63. The van der Waals surface area contributed by atoms with Gasteiger partial charge in [-0.3, -0.25) is 5.01 Å². The molecule has 3 aliphatic rings. The molecule has 1 spiro atoms. The van der Waals surface area contributed by atoms with Gasteiger partial charge in [0.15, 0.2) is 0 Å². The maximum Gasteiger partial charge on any atom is 0.106 e. The van der Waals surface area contributed by atoms with E-state index in [0.717, 1.165) is 32.4 Å². The largest absolute Gasteiger partial charge is 0.369 e. The first-order valence-corrected chi connectivity index (χ1v) is 8.41. The van der Waals surface area contributed by atoms with Crippen LogP contribution in [0.25, 0.3) is 0 Å². The van der Waals surface area contributed by atoms with Gasteiger partial charge in [-0.15, -0.1) is 16.9 Å². The minimum atomic E-state index is -0.0912. The summed E-state index contributed by atoms with van der Waals surface area (Å²) in [4.78, 5) is 2.87. The summed E-state index contributed by atoms with van der Waals surface area (Å²) in [7, 11) is 2.00. The molecule has 0 aliphatic carbocycles. The zero-order valence-corrected chi connectivity index (χ0v) is 13.3. The number of nitrogens with one attached hydrogen (secondary N) is 3. The van der Waals surface area contributed by atoms with Crippen LogP contribution in [-0.4, -0.2) is 31.3 Å². The van der Waals surface area contributed by atoms with E-state index in [1.807, 2.05) is 23.4 Å². The van der Waals surface area contributed by atoms with E-state index in [1.54, 1.807) is 0 Å². The molecule has 1 aromatic rings. The fraction of sp³-hybridized carbons (Fsp3) is 0.600. The van der Waals surface area contributed by atoms with E-state index in [2.05, 4.69) is 35.5 Å². The van der Waals surface area contributed by atoms with Gasteiger partial charge in [-0.05, 0) is 37.9 Å². The molecule has 114 valence electrons. The molecule has 0 bridgehead atoms. The summed E-state index contributed by atoms with van der Waals surface area (Å²) in [5, 5.41) is 5.56. The Bertz CT molecular complexity index is 584. The summed E-state index contributed by atoms with van der Waals surface area (Å²) in [6.07, 6.45) is 5.23. The second kappa shape index (κ2) is 4.98. The fourth-order valence-corrected chi connectivity index (χ4v) is 4.92. The third kappa shape index (κ3) is 2.26. The minimum Gasteiger partial charge on any atom is -0.369 e. The van der Waals surface area contributed by atoms with E-state index in [1.165, 1.54) is 21.0 Å². The van der Waals surface area contributed by atoms with Gasteiger partial charge < -0.3 is 15.5 Å². The van der Waals surface area contributed by atoms with Crippen molar-refractivity contribution in [1.82, 2.24) is 21.3 Å². The van der Waals surface area contributed by atoms with Crippen molar-refractivity contribution >= 4 is 11.3 Å². The van der Waals surface area contributed by atoms with Crippen LogP contribution in [0.15, 0.2) is 18.0 Å². The summed E-state index contributed by atoms with van der Waals surface area (Å²) in [6.45, 7) is 4.04. The number of hydrogen-bond acceptors (Lipinski definition) is 6. The first-order chi connectivity index (χ1) is 10.2. The van der Waals surface area contributed by atoms with Gasteiger partial charge in [-0.25, -0.2) is 0 Å². The Morgan fingerprint density at radius 1 is 1.48 bits per heavy atom. The molecule has 4 rings (SSSR count). The topological polar surface area (TPSA) is 48.6 Å². The zero-order valence-electron chi connectivity index (χ0n) is 12.5. The molecule has 1 fully saturated rings. The Morgan fingerprint density at radius 3 is 3.19 bits per heavy atom. The van der Waals surface area contributed by atoms with Crippen molar-refractivity contribution in [2.24, 2.45) is 0 Å². The average Bonchev–Trinajstić information content (AvgIpc) is 3.06. The number of thiophene rings is 1. The number of rotatable bonds is 1. The summed E-state index contributed by atoms with van der Waals surface area (Å²) >= 11 is 1.92. The van der Waals surface area contributed by atoms with Crippen LogP contribution in [-0.2, 0) is 16.8 Å². The van der Waals surface area contributed by atoms with Crippen molar-refractivity contribution in [2.75, 3.05) is 20.2 Å². The van der Waals surface area contributed by atoms with Crippen LogP contribution in [0.3, 0.4) is 0 Å². The van der Waals surface area contributed by atoms with Crippen LogP contribution in [0.2, 0.25) is 0 Å². The molecule has 3 aliphatic heterocycles. The lowest BCUT2D eigenvalue weighted by Crippen LogP contribution is -2.51. The van der Waals surface area contributed by atoms with Crippen molar-refractivity contribution in [1.29, 1.82) is 0 Å². The molecule has 1 aromatic heterocycles. The monoisotopic (exact) mass is 306 g/mol. The van der Waals surface area contributed by atoms with E-state index < -0.39 is 0 Å². The molecular weight excluding hydrogens is 284 g/mol. The highest BCUT2D eigenvalue weighted by atomic mass is 32.1. The van der Waals surface area contributed by atoms with Gasteiger partial charge in [0, 0.05) is 29.4 Å². The highest BCUT2D eigenvalue weighted by Gasteiger charge is 2.44. The van der Waals surface area contributed by atoms with E-state index in [-0.39, 0.29) is 5.60 Å². The van der Waals surface area contributed by atoms with Gasteiger partial charge >= 0.3 is 0 Å². The third-order valence-corrected chi connectivity index (χ3v) is 5.91. The minimum absolute atomic E-state index is 0.0912. The normalized spacial score (nSPS) is 32.0. The first-order valence-electron chi connectivity index (χ1n) is 7.60. The van der Waals surface area contributed by atoms with Crippen molar-refractivity contribution in [2.45, 2.75) is 37.8 Å². The van der Waals surface area contributed by atoms with E-state index >= 15 is 0 Å². The van der Waals surface area contributed by atoms with Gasteiger partial charge in [-0.1, -0.05) is 0 Å². The van der Waals surface area contributed by atoms with Gasteiger partial charge in [0.25, 0.3) is 0 Å². The smallest absolute Gasteiger partial charge is 0.106 e. The van der Waals surface area contributed by atoms with Gasteiger partial charge in [0.1, 0.15) is 5.60 Å². The van der Waals surface area contributed by atoms with Gasteiger partial charge in [0.2, 0.25) is 0 Å². The standard InChI is InChI=1S/C15H22N4OS/c1-10-7-11-3-6-20-15(14(11)21-10)4-5-16-12(8-15)13-9-19(2)18-17-13/h7,9,12,16-18H,3-6,8H2,1-2H3/t12-,15?/m0/s1. The number of hydrazine groups is 2. The zero-order chi connectivity index (χ0) is 14.4. The Hall–Kier alpha value is -1.08. The molecule has 5 nitrogen and oxygen atoms in total. The predicted molar refractivity (Wildman–Crippen MR) is 83.5 cm³/mol. The predicted octanol–water partition coefficient (Wildman–Crippen LogP) is 1.37. The Balaban J connectivity index is 1.65. The molecule has 0 amide bonds. The molecule has 0 radical (unpaired) electrons. The van der Waals surface area contributed by atoms with Crippen LogP contribution >= 0.6 is 11.3 Å².